The second-order valence-corrected chi connectivity index (χ2v) is 5.41. The van der Waals surface area contributed by atoms with E-state index in [-0.39, 0.29) is 31.2 Å². The fraction of sp³-hybridized carbons (Fsp3) is 1.00. The molecule has 0 radical (unpaired) electrons. The number of aliphatic hydroxyl groups is 5. The zero-order valence-electron chi connectivity index (χ0n) is 10.4. The van der Waals surface area contributed by atoms with Gasteiger partial charge in [-0.05, 0) is 25.8 Å². The fourth-order valence-corrected chi connectivity index (χ4v) is 3.41. The van der Waals surface area contributed by atoms with Gasteiger partial charge in [-0.3, -0.25) is 4.90 Å². The Labute approximate surface area is 106 Å². The van der Waals surface area contributed by atoms with Crippen LogP contribution in [-0.2, 0) is 0 Å². The summed E-state index contributed by atoms with van der Waals surface area (Å²) in [5, 5.41) is 48.1. The van der Waals surface area contributed by atoms with E-state index < -0.39 is 18.3 Å². The summed E-state index contributed by atoms with van der Waals surface area (Å²) in [7, 11) is 0. The number of fused-ring (bicyclic) bond motifs is 1. The van der Waals surface area contributed by atoms with Crippen LogP contribution in [0.5, 0.6) is 0 Å². The number of likely N-dealkylation sites (tertiary alicyclic amines) is 1. The molecule has 0 aromatic rings. The Kier molecular flexibility index (Phi) is 4.58. The number of hydrogen-bond acceptors (Lipinski definition) is 6. The Bertz CT molecular complexity index is 273. The molecular weight excluding hydrogens is 238 g/mol. The topological polar surface area (TPSA) is 104 Å². The van der Waals surface area contributed by atoms with Gasteiger partial charge in [-0.25, -0.2) is 0 Å². The smallest absolute Gasteiger partial charge is 0.106 e. The summed E-state index contributed by atoms with van der Waals surface area (Å²) in [4.78, 5) is 1.96. The number of hydrogen-bond donors (Lipinski definition) is 5. The first kappa shape index (κ1) is 14.2. The molecule has 5 atom stereocenters. The highest BCUT2D eigenvalue weighted by atomic mass is 16.4. The van der Waals surface area contributed by atoms with Gasteiger partial charge in [-0.15, -0.1) is 0 Å². The van der Waals surface area contributed by atoms with Crippen LogP contribution in [0.3, 0.4) is 0 Å². The average Bonchev–Trinajstić information content (AvgIpc) is 2.38. The molecule has 106 valence electrons. The lowest BCUT2D eigenvalue weighted by molar-refractivity contribution is -0.156. The summed E-state index contributed by atoms with van der Waals surface area (Å²) >= 11 is 0. The van der Waals surface area contributed by atoms with Crippen LogP contribution < -0.4 is 0 Å². The first-order valence-electron chi connectivity index (χ1n) is 6.61. The largest absolute Gasteiger partial charge is 0.395 e. The van der Waals surface area contributed by atoms with E-state index >= 15 is 0 Å². The highest BCUT2D eigenvalue weighted by Crippen LogP contribution is 2.36. The van der Waals surface area contributed by atoms with Crippen LogP contribution in [0.15, 0.2) is 0 Å². The Hall–Kier alpha value is -0.240. The Balaban J connectivity index is 2.15. The molecule has 1 saturated carbocycles. The van der Waals surface area contributed by atoms with E-state index in [1.54, 1.807) is 0 Å². The number of aliphatic hydroxyl groups excluding tert-OH is 5. The summed E-state index contributed by atoms with van der Waals surface area (Å²) < 4.78 is 0. The standard InChI is InChI=1S/C12H23NO5/c14-5-7(6-15)13-3-1-2-8-9(13)4-10(16)12(18)11(8)17/h7-12,14-18H,1-6H2/t8-,9+,10-,11+,12+/m0/s1. The van der Waals surface area contributed by atoms with Gasteiger partial charge in [0, 0.05) is 12.0 Å². The van der Waals surface area contributed by atoms with Crippen LogP contribution in [0.25, 0.3) is 0 Å². The van der Waals surface area contributed by atoms with E-state index in [0.29, 0.717) is 6.42 Å². The zero-order valence-corrected chi connectivity index (χ0v) is 10.4. The molecule has 0 amide bonds. The zero-order chi connectivity index (χ0) is 13.3. The van der Waals surface area contributed by atoms with Gasteiger partial charge in [0.1, 0.15) is 6.10 Å². The molecule has 6 nitrogen and oxygen atoms in total. The predicted octanol–water partition coefficient (Wildman–Crippen LogP) is -2.09. The Morgan fingerprint density at radius 3 is 2.33 bits per heavy atom. The van der Waals surface area contributed by atoms with Crippen molar-refractivity contribution in [1.29, 1.82) is 0 Å². The third-order valence-corrected chi connectivity index (χ3v) is 4.43. The number of piperidine rings is 1. The second-order valence-electron chi connectivity index (χ2n) is 5.41. The molecule has 1 aliphatic heterocycles. The first-order chi connectivity index (χ1) is 8.60. The summed E-state index contributed by atoms with van der Waals surface area (Å²) in [5.41, 5.74) is 0. The van der Waals surface area contributed by atoms with Gasteiger partial charge in [0.2, 0.25) is 0 Å². The molecule has 18 heavy (non-hydrogen) atoms. The van der Waals surface area contributed by atoms with Crippen molar-refractivity contribution in [2.24, 2.45) is 5.92 Å². The molecule has 5 N–H and O–H groups in total. The van der Waals surface area contributed by atoms with Crippen LogP contribution in [0, 0.1) is 5.92 Å². The van der Waals surface area contributed by atoms with Gasteiger partial charge in [0.05, 0.1) is 31.5 Å². The maximum atomic E-state index is 10.0. The molecule has 2 rings (SSSR count). The van der Waals surface area contributed by atoms with Crippen molar-refractivity contribution in [3.8, 4) is 0 Å². The number of rotatable bonds is 3. The monoisotopic (exact) mass is 261 g/mol. The molecule has 6 heteroatoms. The Morgan fingerprint density at radius 1 is 1.06 bits per heavy atom. The highest BCUT2D eigenvalue weighted by Gasteiger charge is 2.47. The van der Waals surface area contributed by atoms with Crippen LogP contribution >= 0.6 is 0 Å². The summed E-state index contributed by atoms with van der Waals surface area (Å²) in [5.74, 6) is -0.0993. The molecule has 1 aliphatic carbocycles. The van der Waals surface area contributed by atoms with Crippen molar-refractivity contribution < 1.29 is 25.5 Å². The lowest BCUT2D eigenvalue weighted by Crippen LogP contribution is -2.62. The summed E-state index contributed by atoms with van der Waals surface area (Å²) in [6.45, 7) is 0.450. The molecule has 2 aliphatic rings. The summed E-state index contributed by atoms with van der Waals surface area (Å²) in [6, 6.07) is -0.441. The second kappa shape index (κ2) is 5.81. The molecule has 0 aromatic heterocycles. The van der Waals surface area contributed by atoms with E-state index in [0.717, 1.165) is 19.4 Å². The van der Waals surface area contributed by atoms with Gasteiger partial charge in [-0.1, -0.05) is 0 Å². The quantitative estimate of drug-likeness (QED) is 0.399. The minimum Gasteiger partial charge on any atom is -0.395 e. The normalized spacial score (nSPS) is 42.0. The van der Waals surface area contributed by atoms with E-state index in [2.05, 4.69) is 0 Å². The molecule has 1 heterocycles. The lowest BCUT2D eigenvalue weighted by Gasteiger charge is -2.51. The molecule has 0 spiro atoms. The van der Waals surface area contributed by atoms with Crippen molar-refractivity contribution in [2.75, 3.05) is 19.8 Å². The highest BCUT2D eigenvalue weighted by molar-refractivity contribution is 5.00. The third-order valence-electron chi connectivity index (χ3n) is 4.43. The molecule has 0 aromatic carbocycles. The minimum absolute atomic E-state index is 0.0866. The number of nitrogens with zero attached hydrogens (tertiary/aromatic N) is 1. The van der Waals surface area contributed by atoms with E-state index in [4.69, 9.17) is 0 Å². The lowest BCUT2D eigenvalue weighted by atomic mass is 9.73. The summed E-state index contributed by atoms with van der Waals surface area (Å²) in [6.07, 6.45) is -0.931. The van der Waals surface area contributed by atoms with Crippen molar-refractivity contribution in [3.63, 3.8) is 0 Å². The van der Waals surface area contributed by atoms with Gasteiger partial charge in [0.25, 0.3) is 0 Å². The van der Waals surface area contributed by atoms with Gasteiger partial charge in [0.15, 0.2) is 0 Å². The third kappa shape index (κ3) is 2.41. The first-order valence-corrected chi connectivity index (χ1v) is 6.61. The van der Waals surface area contributed by atoms with Crippen LogP contribution in [0.2, 0.25) is 0 Å². The van der Waals surface area contributed by atoms with Crippen molar-refractivity contribution in [3.05, 3.63) is 0 Å². The predicted molar refractivity (Wildman–Crippen MR) is 63.8 cm³/mol. The fourth-order valence-electron chi connectivity index (χ4n) is 3.41. The Morgan fingerprint density at radius 2 is 1.72 bits per heavy atom. The van der Waals surface area contributed by atoms with E-state index in [1.807, 2.05) is 4.90 Å². The van der Waals surface area contributed by atoms with E-state index in [1.165, 1.54) is 0 Å². The maximum Gasteiger partial charge on any atom is 0.106 e. The van der Waals surface area contributed by atoms with Crippen molar-refractivity contribution in [1.82, 2.24) is 4.90 Å². The van der Waals surface area contributed by atoms with Crippen molar-refractivity contribution in [2.45, 2.75) is 49.7 Å². The minimum atomic E-state index is -1.09. The molecule has 0 bridgehead atoms. The molecule has 2 fully saturated rings. The van der Waals surface area contributed by atoms with Gasteiger partial charge < -0.3 is 25.5 Å². The van der Waals surface area contributed by atoms with Crippen LogP contribution in [0.1, 0.15) is 19.3 Å². The van der Waals surface area contributed by atoms with Gasteiger partial charge >= 0.3 is 0 Å². The van der Waals surface area contributed by atoms with Crippen molar-refractivity contribution >= 4 is 0 Å². The molecule has 0 unspecified atom stereocenters. The van der Waals surface area contributed by atoms with Crippen LogP contribution in [-0.4, -0.2) is 80.6 Å². The van der Waals surface area contributed by atoms with E-state index in [9.17, 15) is 25.5 Å². The van der Waals surface area contributed by atoms with Crippen LogP contribution in [0.4, 0.5) is 0 Å². The average molecular weight is 261 g/mol. The molecular formula is C12H23NO5. The molecule has 1 saturated heterocycles. The SMILES string of the molecule is OCC(CO)N1CCC[C@@H]2[C@@H](O)[C@H](O)[C@@H](O)C[C@H]21. The maximum absolute atomic E-state index is 10.0. The van der Waals surface area contributed by atoms with Gasteiger partial charge in [-0.2, -0.15) is 0 Å².